The highest BCUT2D eigenvalue weighted by molar-refractivity contribution is 5.79. The first-order valence-electron chi connectivity index (χ1n) is 12.7. The molecule has 2 fully saturated rings. The number of oxazole rings is 1. The van der Waals surface area contributed by atoms with Crippen molar-refractivity contribution in [3.05, 3.63) is 71.3 Å². The topological polar surface area (TPSA) is 63.4 Å². The highest BCUT2D eigenvalue weighted by Crippen LogP contribution is 2.44. The van der Waals surface area contributed by atoms with Crippen molar-refractivity contribution in [3.63, 3.8) is 0 Å². The van der Waals surface area contributed by atoms with Crippen LogP contribution in [0.5, 0.6) is 5.75 Å². The number of ether oxygens (including phenoxy) is 1. The molecular formula is C29H32N4O2. The van der Waals surface area contributed by atoms with Gasteiger partial charge in [-0.2, -0.15) is 4.98 Å². The Hall–Kier alpha value is -3.38. The second-order valence-electron chi connectivity index (χ2n) is 10.0. The van der Waals surface area contributed by atoms with Crippen molar-refractivity contribution in [3.8, 4) is 17.0 Å². The Balaban J connectivity index is 1.31. The number of rotatable bonds is 7. The Morgan fingerprint density at radius 3 is 2.71 bits per heavy atom. The smallest absolute Gasteiger partial charge is 0.297 e. The van der Waals surface area contributed by atoms with Gasteiger partial charge in [-0.3, -0.25) is 0 Å². The molecule has 0 amide bonds. The molecule has 1 N–H and O–H groups in total. The quantitative estimate of drug-likeness (QED) is 0.350. The van der Waals surface area contributed by atoms with E-state index in [4.69, 9.17) is 14.1 Å². The summed E-state index contributed by atoms with van der Waals surface area (Å²) in [5.41, 5.74) is 6.89. The number of fused-ring (bicyclic) bond motifs is 1. The fourth-order valence-corrected chi connectivity index (χ4v) is 5.09. The zero-order valence-corrected chi connectivity index (χ0v) is 20.5. The van der Waals surface area contributed by atoms with E-state index in [0.717, 1.165) is 42.1 Å². The lowest BCUT2D eigenvalue weighted by Gasteiger charge is -2.29. The van der Waals surface area contributed by atoms with Gasteiger partial charge in [0.05, 0.1) is 5.69 Å². The highest BCUT2D eigenvalue weighted by atomic mass is 16.5. The zero-order chi connectivity index (χ0) is 23.8. The van der Waals surface area contributed by atoms with Gasteiger partial charge >= 0.3 is 0 Å². The van der Waals surface area contributed by atoms with Gasteiger partial charge in [0, 0.05) is 18.2 Å². The number of hydrogen-bond donors (Lipinski definition) is 1. The van der Waals surface area contributed by atoms with Crippen LogP contribution in [-0.2, 0) is 6.61 Å². The molecule has 1 saturated heterocycles. The number of anilines is 1. The molecule has 1 aliphatic heterocycles. The van der Waals surface area contributed by atoms with Gasteiger partial charge in [-0.15, -0.1) is 0 Å². The van der Waals surface area contributed by atoms with Crippen molar-refractivity contribution in [1.82, 2.24) is 14.9 Å². The van der Waals surface area contributed by atoms with Crippen LogP contribution in [-0.4, -0.2) is 41.0 Å². The van der Waals surface area contributed by atoms with E-state index in [-0.39, 0.29) is 0 Å². The molecule has 6 nitrogen and oxygen atoms in total. The number of aryl methyl sites for hydroxylation is 1. The fraction of sp³-hybridized carbons (Fsp3) is 0.379. The number of pyridine rings is 1. The average Bonchev–Trinajstić information content (AvgIpc) is 3.63. The Morgan fingerprint density at radius 1 is 1.06 bits per heavy atom. The number of piperidine rings is 1. The number of likely N-dealkylation sites (tertiary alicyclic amines) is 1. The minimum Gasteiger partial charge on any atom is -0.488 e. The summed E-state index contributed by atoms with van der Waals surface area (Å²) >= 11 is 0. The third kappa shape index (κ3) is 4.89. The molecule has 3 heterocycles. The summed E-state index contributed by atoms with van der Waals surface area (Å²) < 4.78 is 12.4. The minimum absolute atomic E-state index is 0.344. The van der Waals surface area contributed by atoms with E-state index in [1.807, 2.05) is 30.3 Å². The van der Waals surface area contributed by atoms with Crippen LogP contribution in [0.1, 0.15) is 48.3 Å². The van der Waals surface area contributed by atoms with Gasteiger partial charge in [0.1, 0.15) is 12.4 Å². The van der Waals surface area contributed by atoms with E-state index in [1.165, 1.54) is 30.4 Å². The predicted octanol–water partition coefficient (Wildman–Crippen LogP) is 6.16. The second-order valence-corrected chi connectivity index (χ2v) is 10.0. The predicted molar refractivity (Wildman–Crippen MR) is 139 cm³/mol. The van der Waals surface area contributed by atoms with Crippen LogP contribution in [0.25, 0.3) is 22.5 Å². The van der Waals surface area contributed by atoms with Crippen LogP contribution in [0.2, 0.25) is 0 Å². The molecule has 1 saturated carbocycles. The van der Waals surface area contributed by atoms with Crippen molar-refractivity contribution < 1.29 is 9.15 Å². The summed E-state index contributed by atoms with van der Waals surface area (Å²) in [6.45, 7) is 4.81. The minimum atomic E-state index is 0.344. The van der Waals surface area contributed by atoms with E-state index < -0.39 is 0 Å². The maximum atomic E-state index is 6.40. The number of benzene rings is 2. The first kappa shape index (κ1) is 22.1. The Kier molecular flexibility index (Phi) is 5.90. The molecule has 2 aliphatic rings. The summed E-state index contributed by atoms with van der Waals surface area (Å²) in [7, 11) is 2.15. The maximum absolute atomic E-state index is 6.40. The van der Waals surface area contributed by atoms with Crippen LogP contribution in [0.4, 0.5) is 6.01 Å². The van der Waals surface area contributed by atoms with Crippen LogP contribution in [0.3, 0.4) is 0 Å². The third-order valence-electron chi connectivity index (χ3n) is 7.07. The van der Waals surface area contributed by atoms with Crippen molar-refractivity contribution in [2.75, 3.05) is 25.5 Å². The normalized spacial score (nSPS) is 18.6. The van der Waals surface area contributed by atoms with Gasteiger partial charge in [0.25, 0.3) is 6.01 Å². The molecule has 0 bridgehead atoms. The highest BCUT2D eigenvalue weighted by Gasteiger charge is 2.26. The molecule has 6 rings (SSSR count). The number of nitrogens with one attached hydrogen (secondary N) is 1. The van der Waals surface area contributed by atoms with E-state index in [0.29, 0.717) is 35.8 Å². The van der Waals surface area contributed by atoms with Gasteiger partial charge in [0.2, 0.25) is 5.65 Å². The number of likely N-dealkylation sites (N-methyl/N-ethyl adjacent to an activating group) is 1. The van der Waals surface area contributed by atoms with Crippen LogP contribution in [0.15, 0.2) is 59.0 Å². The fourth-order valence-electron chi connectivity index (χ4n) is 5.09. The molecule has 0 spiro atoms. The van der Waals surface area contributed by atoms with Gasteiger partial charge in [-0.05, 0) is 87.0 Å². The molecule has 1 aliphatic carbocycles. The van der Waals surface area contributed by atoms with Crippen molar-refractivity contribution in [1.29, 1.82) is 0 Å². The molecule has 2 aromatic carbocycles. The summed E-state index contributed by atoms with van der Waals surface area (Å²) in [6.07, 6.45) is 4.81. The van der Waals surface area contributed by atoms with E-state index >= 15 is 0 Å². The average molecular weight is 469 g/mol. The lowest BCUT2D eigenvalue weighted by atomic mass is 9.98. The lowest BCUT2D eigenvalue weighted by molar-refractivity contribution is 0.259. The van der Waals surface area contributed by atoms with Crippen LogP contribution in [0, 0.1) is 6.92 Å². The molecule has 1 atom stereocenters. The Bertz CT molecular complexity index is 1330. The molecule has 0 radical (unpaired) electrons. The van der Waals surface area contributed by atoms with E-state index in [1.54, 1.807) is 0 Å². The summed E-state index contributed by atoms with van der Waals surface area (Å²) in [5, 5.41) is 3.46. The second kappa shape index (κ2) is 9.34. The zero-order valence-electron chi connectivity index (χ0n) is 20.5. The van der Waals surface area contributed by atoms with Gasteiger partial charge in [0.15, 0.2) is 5.58 Å². The SMILES string of the molecule is Cc1cc(C2CC2)cc(OCc2ccccc2)c1-c1ccc2oc(N[C@@H]3CCCN(C)C3)nc2n1. The monoisotopic (exact) mass is 468 g/mol. The summed E-state index contributed by atoms with van der Waals surface area (Å²) in [4.78, 5) is 11.9. The molecule has 180 valence electrons. The molecule has 35 heavy (non-hydrogen) atoms. The Labute approximate surface area is 206 Å². The summed E-state index contributed by atoms with van der Waals surface area (Å²) in [6, 6.07) is 19.7. The van der Waals surface area contributed by atoms with Gasteiger partial charge < -0.3 is 19.4 Å². The number of nitrogens with zero attached hydrogens (tertiary/aromatic N) is 3. The Morgan fingerprint density at radius 2 is 1.91 bits per heavy atom. The molecule has 6 heteroatoms. The van der Waals surface area contributed by atoms with Crippen LogP contribution < -0.4 is 10.1 Å². The van der Waals surface area contributed by atoms with Gasteiger partial charge in [-0.1, -0.05) is 36.4 Å². The molecule has 0 unspecified atom stereocenters. The largest absolute Gasteiger partial charge is 0.488 e. The molecule has 2 aromatic heterocycles. The van der Waals surface area contributed by atoms with Crippen molar-refractivity contribution >= 4 is 17.2 Å². The maximum Gasteiger partial charge on any atom is 0.297 e. The number of aromatic nitrogens is 2. The van der Waals surface area contributed by atoms with Crippen LogP contribution >= 0.6 is 0 Å². The first-order valence-corrected chi connectivity index (χ1v) is 12.7. The van der Waals surface area contributed by atoms with Crippen molar-refractivity contribution in [2.45, 2.75) is 51.2 Å². The third-order valence-corrected chi connectivity index (χ3v) is 7.07. The van der Waals surface area contributed by atoms with E-state index in [2.05, 4.69) is 53.4 Å². The molecule has 4 aromatic rings. The summed E-state index contributed by atoms with van der Waals surface area (Å²) in [5.74, 6) is 1.54. The first-order chi connectivity index (χ1) is 17.1. The van der Waals surface area contributed by atoms with Gasteiger partial charge in [-0.25, -0.2) is 4.98 Å². The number of hydrogen-bond acceptors (Lipinski definition) is 6. The lowest BCUT2D eigenvalue weighted by Crippen LogP contribution is -2.39. The standard InChI is InChI=1S/C29H32N4O2/c1-19-15-22(21-10-11-21)16-26(34-18-20-7-4-3-5-8-20)27(19)24-12-13-25-28(31-24)32-29(35-25)30-23-9-6-14-33(2)17-23/h3-5,7-8,12-13,15-16,21,23H,6,9-11,14,17-18H2,1-2H3,(H,30,31,32)/t23-/m1/s1. The van der Waals surface area contributed by atoms with Crippen molar-refractivity contribution in [2.24, 2.45) is 0 Å². The molecular weight excluding hydrogens is 436 g/mol. The van der Waals surface area contributed by atoms with E-state index in [9.17, 15) is 0 Å².